The fourth-order valence-corrected chi connectivity index (χ4v) is 2.23. The van der Waals surface area contributed by atoms with Crippen molar-refractivity contribution < 1.29 is 4.79 Å². The maximum Gasteiger partial charge on any atom is 0.238 e. The molecule has 0 radical (unpaired) electrons. The van der Waals surface area contributed by atoms with Crippen LogP contribution in [0.15, 0.2) is 11.5 Å². The van der Waals surface area contributed by atoms with Crippen molar-refractivity contribution in [1.82, 2.24) is 20.5 Å². The third kappa shape index (κ3) is 2.73. The Kier molecular flexibility index (Phi) is 3.15. The zero-order chi connectivity index (χ0) is 11.6. The summed E-state index contributed by atoms with van der Waals surface area (Å²) in [7, 11) is 0. The molecule has 0 spiro atoms. The van der Waals surface area contributed by atoms with Gasteiger partial charge in [0.2, 0.25) is 5.91 Å². The van der Waals surface area contributed by atoms with E-state index in [4.69, 9.17) is 5.73 Å². The quantitative estimate of drug-likeness (QED) is 0.604. The molecule has 2 rings (SSSR count). The maximum absolute atomic E-state index is 11.4. The Hall–Kier alpha value is -1.08. The maximum atomic E-state index is 11.4. The van der Waals surface area contributed by atoms with E-state index in [2.05, 4.69) is 20.5 Å². The fourth-order valence-electron chi connectivity index (χ4n) is 1.34. The molecule has 0 saturated heterocycles. The highest BCUT2D eigenvalue weighted by atomic mass is 32.2. The van der Waals surface area contributed by atoms with E-state index < -0.39 is 5.54 Å². The van der Waals surface area contributed by atoms with Gasteiger partial charge in [-0.2, -0.15) is 5.10 Å². The lowest BCUT2D eigenvalue weighted by atomic mass is 10.1. The normalized spacial score (nSPS) is 19.3. The van der Waals surface area contributed by atoms with Crippen LogP contribution in [0.5, 0.6) is 0 Å². The van der Waals surface area contributed by atoms with Crippen molar-refractivity contribution in [3.8, 4) is 0 Å². The van der Waals surface area contributed by atoms with E-state index in [0.717, 1.165) is 12.8 Å². The van der Waals surface area contributed by atoms with Gasteiger partial charge in [0.1, 0.15) is 11.9 Å². The first-order valence-electron chi connectivity index (χ1n) is 5.16. The number of thioether (sulfide) groups is 1. The Bertz CT molecular complexity index is 364. The van der Waals surface area contributed by atoms with E-state index in [-0.39, 0.29) is 5.91 Å². The van der Waals surface area contributed by atoms with Crippen LogP contribution in [0, 0.1) is 0 Å². The molecule has 1 unspecified atom stereocenters. The fraction of sp³-hybridized carbons (Fsp3) is 0.667. The number of hydrogen-bond donors (Lipinski definition) is 3. The molecule has 0 aliphatic heterocycles. The van der Waals surface area contributed by atoms with Crippen molar-refractivity contribution in [1.29, 1.82) is 0 Å². The molecule has 0 bridgehead atoms. The van der Waals surface area contributed by atoms with Gasteiger partial charge in [0.05, 0.1) is 0 Å². The summed E-state index contributed by atoms with van der Waals surface area (Å²) < 4.78 is 0. The minimum Gasteiger partial charge on any atom is -0.368 e. The SMILES string of the molecule is CC(CSc1ncn[nH]1)(NC1CC1)C(N)=O. The number of aromatic nitrogens is 3. The molecule has 1 amide bonds. The van der Waals surface area contributed by atoms with Gasteiger partial charge in [-0.1, -0.05) is 11.8 Å². The van der Waals surface area contributed by atoms with Crippen molar-refractivity contribution in [2.45, 2.75) is 36.5 Å². The molecule has 1 aromatic heterocycles. The Morgan fingerprint density at radius 2 is 2.56 bits per heavy atom. The molecule has 1 aliphatic rings. The number of H-pyrrole nitrogens is 1. The summed E-state index contributed by atoms with van der Waals surface area (Å²) in [6.45, 7) is 1.83. The highest BCUT2D eigenvalue weighted by Crippen LogP contribution is 2.25. The highest BCUT2D eigenvalue weighted by Gasteiger charge is 2.37. The van der Waals surface area contributed by atoms with Gasteiger partial charge < -0.3 is 11.1 Å². The predicted octanol–water partition coefficient (Wildman–Crippen LogP) is -0.107. The third-order valence-electron chi connectivity index (χ3n) is 2.53. The molecule has 16 heavy (non-hydrogen) atoms. The lowest BCUT2D eigenvalue weighted by molar-refractivity contribution is -0.123. The number of primary amides is 1. The van der Waals surface area contributed by atoms with Gasteiger partial charge in [-0.15, -0.1) is 0 Å². The molecular formula is C9H15N5OS. The van der Waals surface area contributed by atoms with Crippen molar-refractivity contribution in [3.63, 3.8) is 0 Å². The topological polar surface area (TPSA) is 96.7 Å². The van der Waals surface area contributed by atoms with E-state index in [1.165, 1.54) is 18.1 Å². The summed E-state index contributed by atoms with van der Waals surface area (Å²) in [4.78, 5) is 15.4. The molecule has 0 aromatic carbocycles. The van der Waals surface area contributed by atoms with Gasteiger partial charge >= 0.3 is 0 Å². The molecule has 4 N–H and O–H groups in total. The second-order valence-electron chi connectivity index (χ2n) is 4.19. The minimum absolute atomic E-state index is 0.327. The summed E-state index contributed by atoms with van der Waals surface area (Å²) in [5, 5.41) is 10.5. The molecule has 1 aliphatic carbocycles. The highest BCUT2D eigenvalue weighted by molar-refractivity contribution is 7.99. The Balaban J connectivity index is 1.93. The number of carbonyl (C=O) groups is 1. The number of nitrogens with zero attached hydrogens (tertiary/aromatic N) is 2. The molecule has 7 heteroatoms. The number of nitrogens with one attached hydrogen (secondary N) is 2. The largest absolute Gasteiger partial charge is 0.368 e. The predicted molar refractivity (Wildman–Crippen MR) is 60.9 cm³/mol. The standard InChI is InChI=1S/C9H15N5OS/c1-9(7(10)15,13-6-2-3-6)4-16-8-11-5-12-14-8/h5-6,13H,2-4H2,1H3,(H2,10,15)(H,11,12,14). The smallest absolute Gasteiger partial charge is 0.238 e. The molecule has 1 heterocycles. The molecule has 1 fully saturated rings. The van der Waals surface area contributed by atoms with Crippen LogP contribution in [0.4, 0.5) is 0 Å². The molecule has 1 aromatic rings. The van der Waals surface area contributed by atoms with Crippen molar-refractivity contribution in [2.75, 3.05) is 5.75 Å². The van der Waals surface area contributed by atoms with Crippen molar-refractivity contribution >= 4 is 17.7 Å². The van der Waals surface area contributed by atoms with Crippen LogP contribution < -0.4 is 11.1 Å². The van der Waals surface area contributed by atoms with Crippen LogP contribution in [-0.2, 0) is 4.79 Å². The third-order valence-corrected chi connectivity index (χ3v) is 3.73. The van der Waals surface area contributed by atoms with Crippen LogP contribution in [-0.4, -0.2) is 38.4 Å². The van der Waals surface area contributed by atoms with Crippen LogP contribution in [0.2, 0.25) is 0 Å². The zero-order valence-electron chi connectivity index (χ0n) is 9.06. The average Bonchev–Trinajstić information content (AvgIpc) is 2.89. The zero-order valence-corrected chi connectivity index (χ0v) is 9.88. The summed E-state index contributed by atoms with van der Waals surface area (Å²) in [5.41, 5.74) is 4.74. The summed E-state index contributed by atoms with van der Waals surface area (Å²) >= 11 is 1.44. The molecule has 88 valence electrons. The van der Waals surface area contributed by atoms with E-state index in [1.807, 2.05) is 6.92 Å². The van der Waals surface area contributed by atoms with Crippen LogP contribution in [0.25, 0.3) is 0 Å². The second-order valence-corrected chi connectivity index (χ2v) is 5.16. The van der Waals surface area contributed by atoms with Crippen molar-refractivity contribution in [3.05, 3.63) is 6.33 Å². The first-order valence-corrected chi connectivity index (χ1v) is 6.14. The number of nitrogens with two attached hydrogens (primary N) is 1. The average molecular weight is 241 g/mol. The van der Waals surface area contributed by atoms with Gasteiger partial charge in [0, 0.05) is 11.8 Å². The number of aromatic amines is 1. The second kappa shape index (κ2) is 4.42. The lowest BCUT2D eigenvalue weighted by Crippen LogP contribution is -2.55. The van der Waals surface area contributed by atoms with Gasteiger partial charge in [-0.3, -0.25) is 9.89 Å². The molecule has 1 saturated carbocycles. The van der Waals surface area contributed by atoms with Crippen LogP contribution in [0.1, 0.15) is 19.8 Å². The van der Waals surface area contributed by atoms with E-state index in [0.29, 0.717) is 17.0 Å². The molecular weight excluding hydrogens is 226 g/mol. The Labute approximate surface area is 97.8 Å². The van der Waals surface area contributed by atoms with Gasteiger partial charge in [0.25, 0.3) is 0 Å². The van der Waals surface area contributed by atoms with E-state index in [1.54, 1.807) is 0 Å². The number of carbonyl (C=O) groups excluding carboxylic acids is 1. The Morgan fingerprint density at radius 1 is 1.81 bits per heavy atom. The summed E-state index contributed by atoms with van der Waals surface area (Å²) in [6.07, 6.45) is 3.68. The van der Waals surface area contributed by atoms with E-state index >= 15 is 0 Å². The van der Waals surface area contributed by atoms with Gasteiger partial charge in [0.15, 0.2) is 5.16 Å². The molecule has 1 atom stereocenters. The Morgan fingerprint density at radius 3 is 3.06 bits per heavy atom. The first kappa shape index (κ1) is 11.4. The minimum atomic E-state index is -0.682. The lowest BCUT2D eigenvalue weighted by Gasteiger charge is -2.26. The van der Waals surface area contributed by atoms with Crippen LogP contribution in [0.3, 0.4) is 0 Å². The van der Waals surface area contributed by atoms with Gasteiger partial charge in [-0.05, 0) is 19.8 Å². The summed E-state index contributed by atoms with van der Waals surface area (Å²) in [5.74, 6) is 0.222. The molecule has 6 nitrogen and oxygen atoms in total. The van der Waals surface area contributed by atoms with Crippen molar-refractivity contribution in [2.24, 2.45) is 5.73 Å². The van der Waals surface area contributed by atoms with Crippen LogP contribution >= 0.6 is 11.8 Å². The number of hydrogen-bond acceptors (Lipinski definition) is 5. The van der Waals surface area contributed by atoms with Gasteiger partial charge in [-0.25, -0.2) is 4.98 Å². The summed E-state index contributed by atoms with van der Waals surface area (Å²) in [6, 6.07) is 0.438. The van der Waals surface area contributed by atoms with E-state index in [9.17, 15) is 4.79 Å². The number of rotatable bonds is 6. The first-order chi connectivity index (χ1) is 7.60. The number of amides is 1. The monoisotopic (exact) mass is 241 g/mol.